The van der Waals surface area contributed by atoms with Gasteiger partial charge in [-0.1, -0.05) is 41.4 Å². The molecule has 0 amide bonds. The lowest BCUT2D eigenvalue weighted by molar-refractivity contribution is 0.601. The molecule has 0 aliphatic carbocycles. The van der Waals surface area contributed by atoms with E-state index >= 15 is 0 Å². The van der Waals surface area contributed by atoms with E-state index in [2.05, 4.69) is 9.71 Å². The van der Waals surface area contributed by atoms with Crippen LogP contribution >= 0.6 is 11.6 Å². The first kappa shape index (κ1) is 12.1. The second-order valence-electron chi connectivity index (χ2n) is 3.74. The first-order chi connectivity index (χ1) is 7.97. The van der Waals surface area contributed by atoms with Crippen LogP contribution in [0.15, 0.2) is 39.7 Å². The monoisotopic (exact) mass is 270 g/mol. The van der Waals surface area contributed by atoms with Crippen LogP contribution in [0, 0.1) is 6.92 Å². The number of amidine groups is 1. The van der Waals surface area contributed by atoms with Gasteiger partial charge in [0.15, 0.2) is 4.36 Å². The summed E-state index contributed by atoms with van der Waals surface area (Å²) in [6, 6.07) is 7.87. The first-order valence-corrected chi connectivity index (χ1v) is 6.83. The quantitative estimate of drug-likeness (QED) is 0.892. The molecule has 1 N–H and O–H groups in total. The second kappa shape index (κ2) is 4.50. The number of nitrogens with zero attached hydrogens (tertiary/aromatic N) is 1. The van der Waals surface area contributed by atoms with Crippen LogP contribution in [0.25, 0.3) is 0 Å². The number of hydrogen-bond donors (Lipinski definition) is 1. The molecule has 90 valence electrons. The highest BCUT2D eigenvalue weighted by atomic mass is 35.5. The third kappa shape index (κ3) is 2.87. The van der Waals surface area contributed by atoms with Crippen LogP contribution < -0.4 is 4.72 Å². The summed E-state index contributed by atoms with van der Waals surface area (Å²) in [5.74, 6) is 0.274. The second-order valence-corrected chi connectivity index (χ2v) is 6.02. The number of sulfonamides is 1. The van der Waals surface area contributed by atoms with Crippen molar-refractivity contribution in [1.29, 1.82) is 0 Å². The molecule has 0 bridgehead atoms. The predicted octanol–water partition coefficient (Wildman–Crippen LogP) is 1.91. The lowest BCUT2D eigenvalue weighted by Crippen LogP contribution is -2.22. The van der Waals surface area contributed by atoms with Crippen molar-refractivity contribution >= 4 is 27.5 Å². The van der Waals surface area contributed by atoms with Gasteiger partial charge in [0.05, 0.1) is 6.54 Å². The first-order valence-electron chi connectivity index (χ1n) is 4.97. The van der Waals surface area contributed by atoms with Crippen molar-refractivity contribution in [3.8, 4) is 0 Å². The average molecular weight is 271 g/mol. The van der Waals surface area contributed by atoms with E-state index in [1.54, 1.807) is 0 Å². The molecule has 6 heteroatoms. The van der Waals surface area contributed by atoms with Gasteiger partial charge in [0.25, 0.3) is 10.0 Å². The maximum absolute atomic E-state index is 11.2. The molecule has 0 saturated heterocycles. The summed E-state index contributed by atoms with van der Waals surface area (Å²) in [7, 11) is -3.54. The SMILES string of the molecule is Cc1ccc(CN=C2C=C(Cl)S(=O)(=O)N2)cc1. The normalized spacial score (nSPS) is 20.1. The predicted molar refractivity (Wildman–Crippen MR) is 68.3 cm³/mol. The number of aliphatic imine (C=N–C) groups is 1. The van der Waals surface area contributed by atoms with Gasteiger partial charge in [0, 0.05) is 6.08 Å². The Morgan fingerprint density at radius 1 is 1.29 bits per heavy atom. The van der Waals surface area contributed by atoms with E-state index in [4.69, 9.17) is 11.6 Å². The molecule has 1 aliphatic rings. The molecule has 0 saturated carbocycles. The molecule has 0 fully saturated rings. The van der Waals surface area contributed by atoms with Crippen LogP contribution in [0.2, 0.25) is 0 Å². The van der Waals surface area contributed by atoms with Crippen molar-refractivity contribution < 1.29 is 8.42 Å². The minimum Gasteiger partial charge on any atom is -0.263 e. The Hall–Kier alpha value is -1.33. The Balaban J connectivity index is 2.11. The Labute approximate surface area is 105 Å². The molecule has 0 aromatic heterocycles. The van der Waals surface area contributed by atoms with Gasteiger partial charge in [-0.2, -0.15) is 0 Å². The summed E-state index contributed by atoms with van der Waals surface area (Å²) in [6.45, 7) is 2.42. The minimum atomic E-state index is -3.54. The van der Waals surface area contributed by atoms with Crippen LogP contribution in [-0.4, -0.2) is 14.3 Å². The zero-order valence-corrected chi connectivity index (χ0v) is 10.7. The maximum atomic E-state index is 11.2. The molecule has 0 radical (unpaired) electrons. The average Bonchev–Trinajstić information content (AvgIpc) is 2.52. The molecule has 1 aromatic carbocycles. The number of aryl methyl sites for hydroxylation is 1. The zero-order valence-electron chi connectivity index (χ0n) is 9.14. The number of rotatable bonds is 2. The summed E-state index contributed by atoms with van der Waals surface area (Å²) in [5, 5.41) is 0. The summed E-state index contributed by atoms with van der Waals surface area (Å²) in [5.41, 5.74) is 2.18. The summed E-state index contributed by atoms with van der Waals surface area (Å²) in [6.07, 6.45) is 1.31. The minimum absolute atomic E-state index is 0.222. The van der Waals surface area contributed by atoms with Crippen LogP contribution in [0.4, 0.5) is 0 Å². The molecule has 0 atom stereocenters. The van der Waals surface area contributed by atoms with E-state index in [0.717, 1.165) is 5.56 Å². The highest BCUT2D eigenvalue weighted by molar-refractivity contribution is 7.96. The maximum Gasteiger partial charge on any atom is 0.274 e. The molecule has 0 unspecified atom stereocenters. The van der Waals surface area contributed by atoms with Crippen molar-refractivity contribution in [3.05, 3.63) is 45.8 Å². The van der Waals surface area contributed by atoms with Gasteiger partial charge in [-0.25, -0.2) is 8.42 Å². The molecule has 4 nitrogen and oxygen atoms in total. The number of hydrogen-bond acceptors (Lipinski definition) is 3. The summed E-state index contributed by atoms with van der Waals surface area (Å²) >= 11 is 5.53. The van der Waals surface area contributed by atoms with Gasteiger partial charge in [-0.3, -0.25) is 9.71 Å². The van der Waals surface area contributed by atoms with E-state index in [0.29, 0.717) is 6.54 Å². The van der Waals surface area contributed by atoms with E-state index < -0.39 is 10.0 Å². The fourth-order valence-corrected chi connectivity index (χ4v) is 2.33. The lowest BCUT2D eigenvalue weighted by atomic mass is 10.1. The van der Waals surface area contributed by atoms with Crippen molar-refractivity contribution in [1.82, 2.24) is 4.72 Å². The van der Waals surface area contributed by atoms with Crippen LogP contribution in [0.5, 0.6) is 0 Å². The van der Waals surface area contributed by atoms with E-state index in [-0.39, 0.29) is 10.2 Å². The van der Waals surface area contributed by atoms with E-state index in [1.165, 1.54) is 11.6 Å². The number of benzene rings is 1. The third-order valence-corrected chi connectivity index (χ3v) is 4.13. The molecule has 17 heavy (non-hydrogen) atoms. The third-order valence-electron chi connectivity index (χ3n) is 2.30. The van der Waals surface area contributed by atoms with Crippen LogP contribution in [-0.2, 0) is 16.6 Å². The summed E-state index contributed by atoms with van der Waals surface area (Å²) in [4.78, 5) is 4.13. The van der Waals surface area contributed by atoms with E-state index in [1.807, 2.05) is 31.2 Å². The Kier molecular flexibility index (Phi) is 3.22. The highest BCUT2D eigenvalue weighted by Crippen LogP contribution is 2.16. The largest absolute Gasteiger partial charge is 0.274 e. The van der Waals surface area contributed by atoms with Crippen molar-refractivity contribution in [3.63, 3.8) is 0 Å². The smallest absolute Gasteiger partial charge is 0.263 e. The van der Waals surface area contributed by atoms with Crippen molar-refractivity contribution in [2.75, 3.05) is 0 Å². The van der Waals surface area contributed by atoms with Gasteiger partial charge < -0.3 is 0 Å². The molecule has 0 spiro atoms. The fourth-order valence-electron chi connectivity index (χ4n) is 1.35. The lowest BCUT2D eigenvalue weighted by Gasteiger charge is -1.99. The van der Waals surface area contributed by atoms with Crippen LogP contribution in [0.3, 0.4) is 0 Å². The molecule has 1 aliphatic heterocycles. The number of halogens is 1. The van der Waals surface area contributed by atoms with Gasteiger partial charge in [0.2, 0.25) is 0 Å². The van der Waals surface area contributed by atoms with E-state index in [9.17, 15) is 8.42 Å². The topological polar surface area (TPSA) is 58.5 Å². The Bertz CT molecular complexity index is 588. The Morgan fingerprint density at radius 2 is 1.94 bits per heavy atom. The molecule has 1 aromatic rings. The van der Waals surface area contributed by atoms with Gasteiger partial charge in [-0.15, -0.1) is 0 Å². The molecule has 2 rings (SSSR count). The molecule has 1 heterocycles. The zero-order chi connectivity index (χ0) is 12.5. The molecular formula is C11H11ClN2O2S. The van der Waals surface area contributed by atoms with Crippen molar-refractivity contribution in [2.24, 2.45) is 4.99 Å². The van der Waals surface area contributed by atoms with Gasteiger partial charge in [0.1, 0.15) is 5.84 Å². The van der Waals surface area contributed by atoms with Crippen molar-refractivity contribution in [2.45, 2.75) is 13.5 Å². The summed E-state index contributed by atoms with van der Waals surface area (Å²) < 4.78 is 24.5. The fraction of sp³-hybridized carbons (Fsp3) is 0.182. The van der Waals surface area contributed by atoms with Gasteiger partial charge in [-0.05, 0) is 12.5 Å². The molecular weight excluding hydrogens is 260 g/mol. The standard InChI is InChI=1S/C11H11ClN2O2S/c1-8-2-4-9(5-3-8)7-13-11-6-10(12)17(15,16)14-11/h2-6H,7H2,1H3,(H,13,14). The van der Waals surface area contributed by atoms with Gasteiger partial charge >= 0.3 is 0 Å². The highest BCUT2D eigenvalue weighted by Gasteiger charge is 2.24. The number of nitrogens with one attached hydrogen (secondary N) is 1. The van der Waals surface area contributed by atoms with Crippen LogP contribution in [0.1, 0.15) is 11.1 Å². The Morgan fingerprint density at radius 3 is 2.47 bits per heavy atom.